The monoisotopic (exact) mass is 355 g/mol. The molecule has 4 nitrogen and oxygen atoms in total. The van der Waals surface area contributed by atoms with Crippen LogP contribution < -0.4 is 5.32 Å². The Kier molecular flexibility index (Phi) is 5.23. The van der Waals surface area contributed by atoms with Crippen molar-refractivity contribution in [2.45, 2.75) is 20.8 Å². The lowest BCUT2D eigenvalue weighted by Crippen LogP contribution is -2.13. The molecular formula is C23H21N3O. The number of carbonyl (C=O) groups excluding carboxylic acids is 1. The Morgan fingerprint density at radius 3 is 2.33 bits per heavy atom. The number of aryl methyl sites for hydroxylation is 3. The highest BCUT2D eigenvalue weighted by Crippen LogP contribution is 2.19. The van der Waals surface area contributed by atoms with Crippen LogP contribution in [0.25, 0.3) is 11.8 Å². The summed E-state index contributed by atoms with van der Waals surface area (Å²) in [6.45, 7) is 5.93. The SMILES string of the molecule is Cc1cc(C)cc(NC(=O)/C(C#N)=C/c2cc(C)n(-c3ccccc3)c2)c1. The van der Waals surface area contributed by atoms with Crippen molar-refractivity contribution >= 4 is 17.7 Å². The summed E-state index contributed by atoms with van der Waals surface area (Å²) in [6.07, 6.45) is 3.54. The van der Waals surface area contributed by atoms with Crippen molar-refractivity contribution in [3.8, 4) is 11.8 Å². The number of hydrogen-bond donors (Lipinski definition) is 1. The zero-order chi connectivity index (χ0) is 19.4. The van der Waals surface area contributed by atoms with Crippen LogP contribution in [0, 0.1) is 32.1 Å². The zero-order valence-electron chi connectivity index (χ0n) is 15.7. The number of para-hydroxylation sites is 1. The van der Waals surface area contributed by atoms with Crippen molar-refractivity contribution < 1.29 is 4.79 Å². The lowest BCUT2D eigenvalue weighted by atomic mass is 10.1. The zero-order valence-corrected chi connectivity index (χ0v) is 15.7. The number of aromatic nitrogens is 1. The molecule has 0 saturated carbocycles. The van der Waals surface area contributed by atoms with Crippen LogP contribution in [0.3, 0.4) is 0 Å². The van der Waals surface area contributed by atoms with E-state index in [1.54, 1.807) is 6.08 Å². The van der Waals surface area contributed by atoms with Gasteiger partial charge >= 0.3 is 0 Å². The molecule has 0 aliphatic rings. The number of anilines is 1. The van der Waals surface area contributed by atoms with Crippen LogP contribution in [0.15, 0.2) is 66.4 Å². The van der Waals surface area contributed by atoms with E-state index < -0.39 is 5.91 Å². The molecule has 0 saturated heterocycles. The fraction of sp³-hybridized carbons (Fsp3) is 0.130. The molecule has 0 unspecified atom stereocenters. The van der Waals surface area contributed by atoms with Gasteiger partial charge in [-0.2, -0.15) is 5.26 Å². The Bertz CT molecular complexity index is 1030. The molecule has 134 valence electrons. The Hall–Kier alpha value is -3.58. The first-order valence-electron chi connectivity index (χ1n) is 8.72. The minimum atomic E-state index is -0.410. The lowest BCUT2D eigenvalue weighted by Gasteiger charge is -2.07. The van der Waals surface area contributed by atoms with E-state index in [1.165, 1.54) is 0 Å². The average molecular weight is 355 g/mol. The summed E-state index contributed by atoms with van der Waals surface area (Å²) in [5.74, 6) is -0.410. The molecule has 1 heterocycles. The van der Waals surface area contributed by atoms with Crippen LogP contribution in [0.5, 0.6) is 0 Å². The third-order valence-electron chi connectivity index (χ3n) is 4.22. The Labute approximate surface area is 159 Å². The normalized spacial score (nSPS) is 11.1. The molecule has 3 aromatic rings. The second-order valence-electron chi connectivity index (χ2n) is 6.62. The van der Waals surface area contributed by atoms with Crippen molar-refractivity contribution in [2.75, 3.05) is 5.32 Å². The standard InChI is InChI=1S/C23H21N3O/c1-16-9-17(2)11-21(10-16)25-23(27)20(14-24)13-19-12-18(3)26(15-19)22-7-5-4-6-8-22/h4-13,15H,1-3H3,(H,25,27)/b20-13+. The molecule has 3 rings (SSSR count). The highest BCUT2D eigenvalue weighted by molar-refractivity contribution is 6.09. The van der Waals surface area contributed by atoms with E-state index in [9.17, 15) is 10.1 Å². The molecule has 27 heavy (non-hydrogen) atoms. The number of nitrogens with one attached hydrogen (secondary N) is 1. The highest BCUT2D eigenvalue weighted by Gasteiger charge is 2.11. The van der Waals surface area contributed by atoms with Crippen LogP contribution in [0.2, 0.25) is 0 Å². The summed E-state index contributed by atoms with van der Waals surface area (Å²) in [7, 11) is 0. The van der Waals surface area contributed by atoms with E-state index in [0.717, 1.165) is 28.1 Å². The maximum Gasteiger partial charge on any atom is 0.266 e. The van der Waals surface area contributed by atoms with Crippen LogP contribution in [-0.4, -0.2) is 10.5 Å². The summed E-state index contributed by atoms with van der Waals surface area (Å²) in [4.78, 5) is 12.5. The molecule has 1 amide bonds. The Balaban J connectivity index is 1.86. The molecular weight excluding hydrogens is 334 g/mol. The largest absolute Gasteiger partial charge is 0.321 e. The lowest BCUT2D eigenvalue weighted by molar-refractivity contribution is -0.112. The van der Waals surface area contributed by atoms with Gasteiger partial charge in [-0.15, -0.1) is 0 Å². The van der Waals surface area contributed by atoms with Crippen molar-refractivity contribution in [1.29, 1.82) is 5.26 Å². The van der Waals surface area contributed by atoms with Gasteiger partial charge < -0.3 is 9.88 Å². The molecule has 0 fully saturated rings. The molecule has 0 radical (unpaired) electrons. The summed E-state index contributed by atoms with van der Waals surface area (Å²) >= 11 is 0. The minimum Gasteiger partial charge on any atom is -0.321 e. The Morgan fingerprint density at radius 2 is 1.70 bits per heavy atom. The van der Waals surface area contributed by atoms with Crippen LogP contribution in [0.4, 0.5) is 5.69 Å². The molecule has 4 heteroatoms. The van der Waals surface area contributed by atoms with Crippen LogP contribution in [0.1, 0.15) is 22.4 Å². The molecule has 1 aromatic heterocycles. The fourth-order valence-electron chi connectivity index (χ4n) is 3.11. The van der Waals surface area contributed by atoms with Gasteiger partial charge in [-0.25, -0.2) is 0 Å². The van der Waals surface area contributed by atoms with Crippen molar-refractivity contribution in [1.82, 2.24) is 4.57 Å². The van der Waals surface area contributed by atoms with E-state index in [-0.39, 0.29) is 5.57 Å². The molecule has 0 atom stereocenters. The number of nitrogens with zero attached hydrogens (tertiary/aromatic N) is 2. The van der Waals surface area contributed by atoms with Crippen molar-refractivity contribution in [2.24, 2.45) is 0 Å². The third kappa shape index (κ3) is 4.34. The molecule has 2 aromatic carbocycles. The van der Waals surface area contributed by atoms with E-state index >= 15 is 0 Å². The smallest absolute Gasteiger partial charge is 0.266 e. The summed E-state index contributed by atoms with van der Waals surface area (Å²) < 4.78 is 2.03. The molecule has 0 aliphatic heterocycles. The number of rotatable bonds is 4. The minimum absolute atomic E-state index is 0.0689. The first kappa shape index (κ1) is 18.2. The molecule has 0 bridgehead atoms. The van der Waals surface area contributed by atoms with Gasteiger partial charge in [-0.3, -0.25) is 4.79 Å². The number of benzene rings is 2. The van der Waals surface area contributed by atoms with E-state index in [1.807, 2.05) is 92.2 Å². The quantitative estimate of drug-likeness (QED) is 0.532. The summed E-state index contributed by atoms with van der Waals surface area (Å²) in [6, 6.07) is 19.7. The summed E-state index contributed by atoms with van der Waals surface area (Å²) in [5, 5.41) is 12.3. The van der Waals surface area contributed by atoms with Gasteiger partial charge in [0.25, 0.3) is 5.91 Å². The molecule has 1 N–H and O–H groups in total. The van der Waals surface area contributed by atoms with Gasteiger partial charge in [0, 0.05) is 23.3 Å². The van der Waals surface area contributed by atoms with Gasteiger partial charge in [0.2, 0.25) is 0 Å². The maximum atomic E-state index is 12.5. The summed E-state index contributed by atoms with van der Waals surface area (Å²) in [5.41, 5.74) is 5.75. The van der Waals surface area contributed by atoms with E-state index in [2.05, 4.69) is 5.32 Å². The predicted molar refractivity (Wildman–Crippen MR) is 109 cm³/mol. The van der Waals surface area contributed by atoms with Crippen LogP contribution in [-0.2, 0) is 4.79 Å². The number of amides is 1. The predicted octanol–water partition coefficient (Wildman–Crippen LogP) is 4.95. The third-order valence-corrected chi connectivity index (χ3v) is 4.22. The fourth-order valence-corrected chi connectivity index (χ4v) is 3.11. The van der Waals surface area contributed by atoms with Gasteiger partial charge in [-0.05, 0) is 73.9 Å². The average Bonchev–Trinajstić information content (AvgIpc) is 2.99. The Morgan fingerprint density at radius 1 is 1.04 bits per heavy atom. The second kappa shape index (κ2) is 7.76. The second-order valence-corrected chi connectivity index (χ2v) is 6.62. The van der Waals surface area contributed by atoms with Gasteiger partial charge in [0.15, 0.2) is 0 Å². The number of carbonyl (C=O) groups is 1. The van der Waals surface area contributed by atoms with Gasteiger partial charge in [-0.1, -0.05) is 24.3 Å². The molecule has 0 aliphatic carbocycles. The van der Waals surface area contributed by atoms with E-state index in [4.69, 9.17) is 0 Å². The highest BCUT2D eigenvalue weighted by atomic mass is 16.1. The van der Waals surface area contributed by atoms with Crippen molar-refractivity contribution in [3.05, 3.63) is 88.8 Å². The molecule has 0 spiro atoms. The number of nitriles is 1. The van der Waals surface area contributed by atoms with Gasteiger partial charge in [0.1, 0.15) is 11.6 Å². The van der Waals surface area contributed by atoms with Crippen LogP contribution >= 0.6 is 0 Å². The maximum absolute atomic E-state index is 12.5. The van der Waals surface area contributed by atoms with Crippen molar-refractivity contribution in [3.63, 3.8) is 0 Å². The topological polar surface area (TPSA) is 57.8 Å². The van der Waals surface area contributed by atoms with Gasteiger partial charge in [0.05, 0.1) is 0 Å². The number of hydrogen-bond acceptors (Lipinski definition) is 2. The first-order valence-corrected chi connectivity index (χ1v) is 8.72. The first-order chi connectivity index (χ1) is 13.0. The van der Waals surface area contributed by atoms with E-state index in [0.29, 0.717) is 5.69 Å².